The molecule has 0 spiro atoms. The van der Waals surface area contributed by atoms with E-state index in [0.29, 0.717) is 23.1 Å². The molecule has 0 aromatic carbocycles. The number of rotatable bonds is 4. The summed E-state index contributed by atoms with van der Waals surface area (Å²) in [6, 6.07) is 1.38. The third-order valence-electron chi connectivity index (χ3n) is 2.42. The molecule has 7 heteroatoms. The minimum absolute atomic E-state index is 0.393. The van der Waals surface area contributed by atoms with Gasteiger partial charge in [-0.2, -0.15) is 0 Å². The average Bonchev–Trinajstić information content (AvgIpc) is 2.40. The number of hydrazine groups is 1. The second-order valence-corrected chi connectivity index (χ2v) is 3.58. The lowest BCUT2D eigenvalue weighted by Crippen LogP contribution is -2.31. The minimum atomic E-state index is -0.393. The molecule has 3 N–H and O–H groups in total. The predicted octanol–water partition coefficient (Wildman–Crippen LogP) is 0.136. The fourth-order valence-corrected chi connectivity index (χ4v) is 1.63. The zero-order valence-corrected chi connectivity index (χ0v) is 10.2. The van der Waals surface area contributed by atoms with Crippen molar-refractivity contribution < 1.29 is 4.74 Å². The predicted molar refractivity (Wildman–Crippen MR) is 64.5 cm³/mol. The van der Waals surface area contributed by atoms with E-state index in [1.807, 2.05) is 6.92 Å². The second kappa shape index (κ2) is 5.48. The first-order valence-electron chi connectivity index (χ1n) is 5.37. The molecule has 0 bridgehead atoms. The molecule has 94 valence electrons. The Bertz CT molecular complexity index is 532. The van der Waals surface area contributed by atoms with Crippen molar-refractivity contribution in [2.75, 3.05) is 7.11 Å². The quantitative estimate of drug-likeness (QED) is 0.584. The normalized spacial score (nSPS) is 12.2. The van der Waals surface area contributed by atoms with Gasteiger partial charge in [0.25, 0.3) is 0 Å². The molecule has 18 heavy (non-hydrogen) atoms. The minimum Gasteiger partial charge on any atom is -0.480 e. The summed E-state index contributed by atoms with van der Waals surface area (Å²) in [4.78, 5) is 16.7. The number of methoxy groups -OCH3 is 1. The number of hydrogen-bond acceptors (Lipinski definition) is 7. The molecule has 0 aliphatic rings. The van der Waals surface area contributed by atoms with Crippen LogP contribution < -0.4 is 16.0 Å². The second-order valence-electron chi connectivity index (χ2n) is 3.58. The van der Waals surface area contributed by atoms with Gasteiger partial charge in [-0.05, 0) is 13.0 Å². The molecule has 0 saturated carbocycles. The van der Waals surface area contributed by atoms with Gasteiger partial charge >= 0.3 is 0 Å². The highest BCUT2D eigenvalue weighted by molar-refractivity contribution is 5.28. The number of nitrogens with zero attached hydrogens (tertiary/aromatic N) is 4. The highest BCUT2D eigenvalue weighted by atomic mass is 16.5. The van der Waals surface area contributed by atoms with Gasteiger partial charge in [0, 0.05) is 18.6 Å². The van der Waals surface area contributed by atoms with Crippen molar-refractivity contribution in [1.29, 1.82) is 0 Å². The first-order chi connectivity index (χ1) is 8.76. The Kier molecular flexibility index (Phi) is 3.75. The van der Waals surface area contributed by atoms with Crippen molar-refractivity contribution in [3.8, 4) is 5.88 Å². The highest BCUT2D eigenvalue weighted by Crippen LogP contribution is 2.23. The van der Waals surface area contributed by atoms with Crippen molar-refractivity contribution >= 4 is 0 Å². The first-order valence-corrected chi connectivity index (χ1v) is 5.37. The smallest absolute Gasteiger partial charge is 0.237 e. The molecule has 2 rings (SSSR count). The maximum atomic E-state index is 5.58. The van der Waals surface area contributed by atoms with Crippen LogP contribution >= 0.6 is 0 Å². The Morgan fingerprint density at radius 1 is 1.22 bits per heavy atom. The third kappa shape index (κ3) is 2.41. The molecular weight excluding hydrogens is 232 g/mol. The van der Waals surface area contributed by atoms with Crippen LogP contribution in [0.25, 0.3) is 0 Å². The van der Waals surface area contributed by atoms with Crippen LogP contribution in [0.2, 0.25) is 0 Å². The van der Waals surface area contributed by atoms with Crippen LogP contribution in [0.3, 0.4) is 0 Å². The molecule has 0 amide bonds. The van der Waals surface area contributed by atoms with E-state index in [-0.39, 0.29) is 0 Å². The summed E-state index contributed by atoms with van der Waals surface area (Å²) in [6.45, 7) is 1.81. The number of aromatic nitrogens is 4. The molecule has 7 nitrogen and oxygen atoms in total. The Balaban J connectivity index is 2.45. The van der Waals surface area contributed by atoms with E-state index in [9.17, 15) is 0 Å². The fraction of sp³-hybridized carbons (Fsp3) is 0.273. The SMILES string of the molecule is COc1nccnc1C(NN)c1ccnc(C)n1. The standard InChI is InChI=1S/C11H14N6O/c1-7-13-4-3-8(16-7)9(17-12)10-11(18-2)15-6-5-14-10/h3-6,9,17H,12H2,1-2H3. The fourth-order valence-electron chi connectivity index (χ4n) is 1.63. The lowest BCUT2D eigenvalue weighted by atomic mass is 10.1. The Labute approximate surface area is 104 Å². The largest absolute Gasteiger partial charge is 0.480 e. The average molecular weight is 246 g/mol. The first kappa shape index (κ1) is 12.3. The van der Waals surface area contributed by atoms with Gasteiger partial charge in [-0.15, -0.1) is 0 Å². The van der Waals surface area contributed by atoms with Crippen LogP contribution in [0.4, 0.5) is 0 Å². The van der Waals surface area contributed by atoms with Crippen LogP contribution in [0.15, 0.2) is 24.7 Å². The summed E-state index contributed by atoms with van der Waals surface area (Å²) >= 11 is 0. The van der Waals surface area contributed by atoms with Crippen molar-refractivity contribution in [2.24, 2.45) is 5.84 Å². The van der Waals surface area contributed by atoms with E-state index in [2.05, 4.69) is 25.4 Å². The molecule has 1 unspecified atom stereocenters. The van der Waals surface area contributed by atoms with E-state index in [1.54, 1.807) is 24.7 Å². The van der Waals surface area contributed by atoms with Crippen LogP contribution in [-0.2, 0) is 0 Å². The molecule has 0 aliphatic heterocycles. The molecular formula is C11H14N6O. The summed E-state index contributed by atoms with van der Waals surface area (Å²) in [5.41, 5.74) is 3.96. The maximum absolute atomic E-state index is 5.58. The lowest BCUT2D eigenvalue weighted by molar-refractivity contribution is 0.382. The van der Waals surface area contributed by atoms with Crippen LogP contribution in [-0.4, -0.2) is 27.0 Å². The zero-order chi connectivity index (χ0) is 13.0. The number of nitrogens with two attached hydrogens (primary N) is 1. The molecule has 2 aromatic heterocycles. The molecule has 1 atom stereocenters. The summed E-state index contributed by atoms with van der Waals surface area (Å²) in [7, 11) is 1.53. The van der Waals surface area contributed by atoms with E-state index in [0.717, 1.165) is 0 Å². The van der Waals surface area contributed by atoms with Crippen molar-refractivity contribution in [2.45, 2.75) is 13.0 Å². The molecule has 0 saturated heterocycles. The van der Waals surface area contributed by atoms with Crippen molar-refractivity contribution in [3.63, 3.8) is 0 Å². The summed E-state index contributed by atoms with van der Waals surface area (Å²) < 4.78 is 5.17. The van der Waals surface area contributed by atoms with E-state index < -0.39 is 6.04 Å². The van der Waals surface area contributed by atoms with Crippen LogP contribution in [0, 0.1) is 6.92 Å². The van der Waals surface area contributed by atoms with Crippen LogP contribution in [0.5, 0.6) is 5.88 Å². The third-order valence-corrected chi connectivity index (χ3v) is 2.42. The Hall–Kier alpha value is -2.12. The van der Waals surface area contributed by atoms with Crippen molar-refractivity contribution in [3.05, 3.63) is 41.9 Å². The van der Waals surface area contributed by atoms with E-state index >= 15 is 0 Å². The van der Waals surface area contributed by atoms with Gasteiger partial charge in [0.05, 0.1) is 12.8 Å². The summed E-state index contributed by atoms with van der Waals surface area (Å²) in [5, 5.41) is 0. The molecule has 0 aliphatic carbocycles. The Morgan fingerprint density at radius 2 is 2.00 bits per heavy atom. The monoisotopic (exact) mass is 246 g/mol. The zero-order valence-electron chi connectivity index (χ0n) is 10.2. The topological polar surface area (TPSA) is 98.8 Å². The lowest BCUT2D eigenvalue weighted by Gasteiger charge is -2.16. The molecule has 0 radical (unpaired) electrons. The highest BCUT2D eigenvalue weighted by Gasteiger charge is 2.20. The molecule has 2 heterocycles. The van der Waals surface area contributed by atoms with Gasteiger partial charge in [-0.1, -0.05) is 0 Å². The number of nitrogens with one attached hydrogen (secondary N) is 1. The van der Waals surface area contributed by atoms with Gasteiger partial charge in [0.1, 0.15) is 17.6 Å². The van der Waals surface area contributed by atoms with Gasteiger partial charge in [0.2, 0.25) is 5.88 Å². The number of aryl methyl sites for hydroxylation is 1. The number of ether oxygens (including phenoxy) is 1. The van der Waals surface area contributed by atoms with Crippen molar-refractivity contribution in [1.82, 2.24) is 25.4 Å². The van der Waals surface area contributed by atoms with E-state index in [1.165, 1.54) is 7.11 Å². The van der Waals surface area contributed by atoms with Gasteiger partial charge in [-0.25, -0.2) is 20.4 Å². The van der Waals surface area contributed by atoms with Gasteiger partial charge < -0.3 is 4.74 Å². The molecule has 0 fully saturated rings. The number of hydrogen-bond donors (Lipinski definition) is 2. The van der Waals surface area contributed by atoms with Gasteiger partial charge in [-0.3, -0.25) is 10.8 Å². The summed E-state index contributed by atoms with van der Waals surface area (Å²) in [5.74, 6) is 6.65. The van der Waals surface area contributed by atoms with Gasteiger partial charge in [0.15, 0.2) is 0 Å². The maximum Gasteiger partial charge on any atom is 0.237 e. The van der Waals surface area contributed by atoms with Crippen LogP contribution in [0.1, 0.15) is 23.3 Å². The summed E-state index contributed by atoms with van der Waals surface area (Å²) in [6.07, 6.45) is 4.81. The van der Waals surface area contributed by atoms with E-state index in [4.69, 9.17) is 10.6 Å². The molecule has 2 aromatic rings. The Morgan fingerprint density at radius 3 is 2.67 bits per heavy atom.